The van der Waals surface area contributed by atoms with Crippen LogP contribution in [0.2, 0.25) is 0 Å². The van der Waals surface area contributed by atoms with E-state index in [0.717, 1.165) is 26.1 Å². The lowest BCUT2D eigenvalue weighted by atomic mass is 9.92. The minimum absolute atomic E-state index is 0.711. The number of benzene rings is 2. The van der Waals surface area contributed by atoms with E-state index < -0.39 is 5.60 Å². The third-order valence-electron chi connectivity index (χ3n) is 7.32. The van der Waals surface area contributed by atoms with Gasteiger partial charge in [-0.05, 0) is 99.9 Å². The van der Waals surface area contributed by atoms with E-state index in [4.69, 9.17) is 9.47 Å². The summed E-state index contributed by atoms with van der Waals surface area (Å²) in [5.41, 5.74) is 1.65. The molecule has 1 aliphatic heterocycles. The summed E-state index contributed by atoms with van der Waals surface area (Å²) in [5.74, 6) is 0.891. The lowest BCUT2D eigenvalue weighted by Crippen LogP contribution is -2.32. The largest absolute Gasteiger partial charge is 0.487 e. The van der Waals surface area contributed by atoms with Crippen LogP contribution in [0.4, 0.5) is 0 Å². The molecule has 0 amide bonds. The van der Waals surface area contributed by atoms with Gasteiger partial charge in [0.25, 0.3) is 0 Å². The maximum Gasteiger partial charge on any atom is 0.196 e. The van der Waals surface area contributed by atoms with Gasteiger partial charge in [-0.3, -0.25) is 0 Å². The van der Waals surface area contributed by atoms with Gasteiger partial charge in [0.15, 0.2) is 10.7 Å². The van der Waals surface area contributed by atoms with E-state index in [9.17, 15) is 0 Å². The van der Waals surface area contributed by atoms with E-state index in [0.29, 0.717) is 0 Å². The van der Waals surface area contributed by atoms with Gasteiger partial charge in [-0.25, -0.2) is 0 Å². The molecule has 0 saturated heterocycles. The molecule has 7 heteroatoms. The molecule has 2 aromatic carbocycles. The summed E-state index contributed by atoms with van der Waals surface area (Å²) in [6.07, 6.45) is 4.47. The molecule has 0 aliphatic carbocycles. The van der Waals surface area contributed by atoms with E-state index in [1.807, 2.05) is 17.4 Å². The van der Waals surface area contributed by atoms with E-state index in [-0.39, 0.29) is 0 Å². The second kappa shape index (κ2) is 10.1. The molecule has 1 atom stereocenters. The lowest BCUT2D eigenvalue weighted by Gasteiger charge is -2.34. The highest BCUT2D eigenvalue weighted by Crippen LogP contribution is 2.50. The molecule has 0 saturated carbocycles. The predicted molar refractivity (Wildman–Crippen MR) is 180 cm³/mol. The highest BCUT2D eigenvalue weighted by Gasteiger charge is 2.40. The van der Waals surface area contributed by atoms with Gasteiger partial charge in [-0.1, -0.05) is 41.7 Å². The highest BCUT2D eigenvalue weighted by molar-refractivity contribution is 7.23. The Balaban J connectivity index is 1.20. The maximum absolute atomic E-state index is 7.03. The topological polar surface area (TPSA) is 18.5 Å². The Labute approximate surface area is 258 Å². The van der Waals surface area contributed by atoms with Gasteiger partial charge in [0.05, 0.1) is 16.9 Å². The molecule has 6 heterocycles. The van der Waals surface area contributed by atoms with Gasteiger partial charge in [-0.2, -0.15) is 0 Å². The van der Waals surface area contributed by atoms with Crippen molar-refractivity contribution in [1.82, 2.24) is 0 Å². The van der Waals surface area contributed by atoms with Crippen molar-refractivity contribution in [3.05, 3.63) is 123 Å². The Kier molecular flexibility index (Phi) is 6.23. The zero-order valence-corrected chi connectivity index (χ0v) is 25.9. The Bertz CT molecular complexity index is 2020. The van der Waals surface area contributed by atoms with Crippen LogP contribution in [-0.4, -0.2) is 7.11 Å². The lowest BCUT2D eigenvalue weighted by molar-refractivity contribution is 0.169. The summed E-state index contributed by atoms with van der Waals surface area (Å²) in [4.78, 5) is 8.70. The van der Waals surface area contributed by atoms with Crippen molar-refractivity contribution in [3.8, 4) is 40.8 Å². The molecule has 0 N–H and O–H groups in total. The Morgan fingerprint density at radius 1 is 0.659 bits per heavy atom. The van der Waals surface area contributed by atoms with Crippen LogP contribution in [-0.2, 0) is 5.60 Å². The van der Waals surface area contributed by atoms with Crippen LogP contribution >= 0.6 is 56.7 Å². The highest BCUT2D eigenvalue weighted by atomic mass is 32.1. The first-order valence-electron chi connectivity index (χ1n) is 13.1. The van der Waals surface area contributed by atoms with Gasteiger partial charge in [-0.15, -0.1) is 45.3 Å². The van der Waals surface area contributed by atoms with Crippen molar-refractivity contribution in [1.29, 1.82) is 0 Å². The van der Waals surface area contributed by atoms with E-state index in [1.54, 1.807) is 52.5 Å². The summed E-state index contributed by atoms with van der Waals surface area (Å²) < 4.78 is 12.6. The normalized spacial score (nSPS) is 16.1. The van der Waals surface area contributed by atoms with Gasteiger partial charge < -0.3 is 9.47 Å². The van der Waals surface area contributed by atoms with Crippen molar-refractivity contribution in [2.75, 3.05) is 7.11 Å². The second-order valence-electron chi connectivity index (χ2n) is 9.69. The molecule has 0 bridgehead atoms. The molecule has 5 aromatic heterocycles. The average molecular weight is 623 g/mol. The molecule has 200 valence electrons. The number of thiophene rings is 5. The zero-order chi connectivity index (χ0) is 27.4. The number of hydrogen-bond acceptors (Lipinski definition) is 7. The summed E-state index contributed by atoms with van der Waals surface area (Å²) in [6.45, 7) is 0. The summed E-state index contributed by atoms with van der Waals surface area (Å²) >= 11 is 8.81. The van der Waals surface area contributed by atoms with Gasteiger partial charge in [0.1, 0.15) is 5.75 Å². The fraction of sp³-hybridized carbons (Fsp3) is 0.0588. The maximum atomic E-state index is 7.03. The first kappa shape index (κ1) is 25.3. The smallest absolute Gasteiger partial charge is 0.196 e. The van der Waals surface area contributed by atoms with E-state index in [1.165, 1.54) is 40.7 Å². The monoisotopic (exact) mass is 622 g/mol. The SMILES string of the molecule is COc1ccc(C2(c3ccc(-c4cccs4)s3)C=Cc3c(ccc4cc(-c5ccc(-c6cccs6)s5)ccc34)O2)s1. The molecule has 1 unspecified atom stereocenters. The van der Waals surface area contributed by atoms with Crippen LogP contribution in [0.3, 0.4) is 0 Å². The molecule has 2 nitrogen and oxygen atoms in total. The third kappa shape index (κ3) is 4.31. The number of fused-ring (bicyclic) bond motifs is 3. The standard InChI is InChI=1S/C34H22O2S5/c1-35-33-15-14-32(41-33)34(31-13-12-30(40-31)28-5-3-19-38-28)17-16-24-23-8-6-22(20-21(23)7-9-25(24)36-34)26-10-11-29(39-26)27-4-2-18-37-27/h2-20H,1H3. The second-order valence-corrected chi connectivity index (χ2v) is 14.8. The van der Waals surface area contributed by atoms with Crippen LogP contribution in [0.15, 0.2) is 108 Å². The molecule has 0 fully saturated rings. The predicted octanol–water partition coefficient (Wildman–Crippen LogP) is 11.5. The van der Waals surface area contributed by atoms with Crippen molar-refractivity contribution in [2.24, 2.45) is 0 Å². The fourth-order valence-electron chi connectivity index (χ4n) is 5.30. The minimum Gasteiger partial charge on any atom is -0.487 e. The van der Waals surface area contributed by atoms with Crippen LogP contribution in [0, 0.1) is 0 Å². The fourth-order valence-corrected chi connectivity index (χ4v) is 10.1. The summed E-state index contributed by atoms with van der Waals surface area (Å²) in [6, 6.07) is 32.7. The number of methoxy groups -OCH3 is 1. The quantitative estimate of drug-likeness (QED) is 0.184. The van der Waals surface area contributed by atoms with Gasteiger partial charge in [0.2, 0.25) is 0 Å². The van der Waals surface area contributed by atoms with Crippen LogP contribution in [0.1, 0.15) is 15.3 Å². The van der Waals surface area contributed by atoms with Crippen molar-refractivity contribution < 1.29 is 9.47 Å². The van der Waals surface area contributed by atoms with Gasteiger partial charge in [0, 0.05) is 29.9 Å². The molecule has 1 aliphatic rings. The van der Waals surface area contributed by atoms with Crippen molar-refractivity contribution >= 4 is 73.5 Å². The average Bonchev–Trinajstić information content (AvgIpc) is 3.85. The number of rotatable bonds is 6. The number of hydrogen-bond donors (Lipinski definition) is 0. The molecule has 41 heavy (non-hydrogen) atoms. The molecule has 0 radical (unpaired) electrons. The molecule has 7 aromatic rings. The first-order chi connectivity index (χ1) is 20.2. The molecular formula is C34H22O2S5. The Morgan fingerprint density at radius 3 is 2.15 bits per heavy atom. The van der Waals surface area contributed by atoms with Crippen molar-refractivity contribution in [3.63, 3.8) is 0 Å². The van der Waals surface area contributed by atoms with E-state index in [2.05, 4.69) is 108 Å². The molecule has 8 rings (SSSR count). The third-order valence-corrected chi connectivity index (χ3v) is 12.9. The van der Waals surface area contributed by atoms with Crippen LogP contribution < -0.4 is 9.47 Å². The van der Waals surface area contributed by atoms with Gasteiger partial charge >= 0.3 is 0 Å². The van der Waals surface area contributed by atoms with E-state index >= 15 is 0 Å². The summed E-state index contributed by atoms with van der Waals surface area (Å²) in [5, 5.41) is 7.54. The zero-order valence-electron chi connectivity index (χ0n) is 21.8. The Hall–Kier alpha value is -3.46. The molecule has 0 spiro atoms. The van der Waals surface area contributed by atoms with Crippen molar-refractivity contribution in [2.45, 2.75) is 5.60 Å². The first-order valence-corrected chi connectivity index (χ1v) is 17.3. The summed E-state index contributed by atoms with van der Waals surface area (Å²) in [7, 11) is 1.72. The Morgan fingerprint density at radius 2 is 1.39 bits per heavy atom. The van der Waals surface area contributed by atoms with Crippen LogP contribution in [0.25, 0.3) is 46.8 Å². The minimum atomic E-state index is -0.711. The van der Waals surface area contributed by atoms with Crippen LogP contribution in [0.5, 0.6) is 10.8 Å². The number of ether oxygens (including phenoxy) is 2. The molecular weight excluding hydrogens is 601 g/mol.